The molecule has 0 aromatic carbocycles. The maximum Gasteiger partial charge on any atom is 0.270 e. The molecule has 1 aliphatic rings. The number of hydrogen-bond acceptors (Lipinski definition) is 3. The molecule has 0 aliphatic heterocycles. The zero-order valence-electron chi connectivity index (χ0n) is 11.6. The fourth-order valence-electron chi connectivity index (χ4n) is 2.84. The topological polar surface area (TPSA) is 101 Å². The van der Waals surface area contributed by atoms with Gasteiger partial charge in [0, 0.05) is 23.5 Å². The molecule has 1 saturated carbocycles. The van der Waals surface area contributed by atoms with Crippen molar-refractivity contribution in [2.45, 2.75) is 31.7 Å². The first-order valence-corrected chi connectivity index (χ1v) is 7.18. The van der Waals surface area contributed by atoms with E-state index >= 15 is 0 Å². The molecule has 3 rings (SSSR count). The summed E-state index contributed by atoms with van der Waals surface area (Å²) in [6.45, 7) is 0. The molecule has 4 N–H and O–H groups in total. The summed E-state index contributed by atoms with van der Waals surface area (Å²) >= 11 is 0. The highest BCUT2D eigenvalue weighted by Crippen LogP contribution is 2.24. The molecule has 1 aliphatic carbocycles. The monoisotopic (exact) mass is 286 g/mol. The number of pyridine rings is 1. The van der Waals surface area contributed by atoms with Crippen molar-refractivity contribution in [2.24, 2.45) is 11.7 Å². The summed E-state index contributed by atoms with van der Waals surface area (Å²) in [5.41, 5.74) is 6.42. The fraction of sp³-hybridized carbons (Fsp3) is 0.400. The summed E-state index contributed by atoms with van der Waals surface area (Å²) in [6, 6.07) is 5.60. The molecule has 0 unspecified atom stereocenters. The predicted molar refractivity (Wildman–Crippen MR) is 78.5 cm³/mol. The minimum absolute atomic E-state index is 0.0495. The van der Waals surface area contributed by atoms with Gasteiger partial charge in [-0.1, -0.05) is 0 Å². The molecule has 2 heterocycles. The van der Waals surface area contributed by atoms with E-state index in [0.717, 1.165) is 31.1 Å². The zero-order chi connectivity index (χ0) is 14.8. The summed E-state index contributed by atoms with van der Waals surface area (Å²) in [5, 5.41) is 3.96. The van der Waals surface area contributed by atoms with Gasteiger partial charge in [0.1, 0.15) is 11.3 Å². The maximum absolute atomic E-state index is 12.2. The Hall–Kier alpha value is -2.37. The highest BCUT2D eigenvalue weighted by atomic mass is 16.2. The van der Waals surface area contributed by atoms with Crippen molar-refractivity contribution in [2.75, 3.05) is 0 Å². The zero-order valence-corrected chi connectivity index (χ0v) is 11.6. The molecule has 1 fully saturated rings. The average molecular weight is 286 g/mol. The van der Waals surface area contributed by atoms with E-state index in [9.17, 15) is 9.59 Å². The molecule has 2 aromatic rings. The maximum atomic E-state index is 12.2. The molecule has 0 spiro atoms. The first-order chi connectivity index (χ1) is 10.1. The molecule has 21 heavy (non-hydrogen) atoms. The van der Waals surface area contributed by atoms with Gasteiger partial charge in [-0.3, -0.25) is 9.59 Å². The van der Waals surface area contributed by atoms with Gasteiger partial charge in [-0.15, -0.1) is 0 Å². The standard InChI is InChI=1S/C15H18N4O2/c16-13(20)9-1-4-11(5-2-9)18-15(21)12-6-3-10-7-8-17-14(10)19-12/h3,6-9,11H,1-2,4-5H2,(H2,16,20)(H,17,19)(H,18,21). The van der Waals surface area contributed by atoms with Gasteiger partial charge in [0.25, 0.3) is 5.91 Å². The Kier molecular flexibility index (Phi) is 3.60. The number of amides is 2. The van der Waals surface area contributed by atoms with Crippen molar-refractivity contribution in [3.8, 4) is 0 Å². The van der Waals surface area contributed by atoms with E-state index in [-0.39, 0.29) is 23.8 Å². The fourth-order valence-corrected chi connectivity index (χ4v) is 2.84. The van der Waals surface area contributed by atoms with E-state index in [0.29, 0.717) is 11.3 Å². The largest absolute Gasteiger partial charge is 0.369 e. The van der Waals surface area contributed by atoms with Crippen LogP contribution >= 0.6 is 0 Å². The number of primary amides is 1. The highest BCUT2D eigenvalue weighted by molar-refractivity contribution is 5.94. The summed E-state index contributed by atoms with van der Waals surface area (Å²) in [6.07, 6.45) is 4.84. The molecule has 0 radical (unpaired) electrons. The number of hydrogen-bond donors (Lipinski definition) is 3. The van der Waals surface area contributed by atoms with Crippen LogP contribution < -0.4 is 11.1 Å². The lowest BCUT2D eigenvalue weighted by atomic mass is 9.85. The van der Waals surface area contributed by atoms with Crippen LogP contribution in [0.15, 0.2) is 24.4 Å². The van der Waals surface area contributed by atoms with Crippen molar-refractivity contribution in [1.29, 1.82) is 0 Å². The van der Waals surface area contributed by atoms with E-state index in [1.165, 1.54) is 0 Å². The number of H-pyrrole nitrogens is 1. The van der Waals surface area contributed by atoms with Crippen molar-refractivity contribution in [1.82, 2.24) is 15.3 Å². The second kappa shape index (κ2) is 5.55. The quantitative estimate of drug-likeness (QED) is 0.793. The van der Waals surface area contributed by atoms with Gasteiger partial charge in [0.2, 0.25) is 5.91 Å². The number of nitrogens with one attached hydrogen (secondary N) is 2. The summed E-state index contributed by atoms with van der Waals surface area (Å²) in [5.74, 6) is -0.459. The second-order valence-electron chi connectivity index (χ2n) is 5.54. The normalized spacial score (nSPS) is 22.1. The minimum Gasteiger partial charge on any atom is -0.369 e. The third-order valence-electron chi connectivity index (χ3n) is 4.11. The van der Waals surface area contributed by atoms with E-state index in [4.69, 9.17) is 5.73 Å². The number of aromatic amines is 1. The Bertz CT molecular complexity index is 671. The van der Waals surface area contributed by atoms with Crippen molar-refractivity contribution in [3.05, 3.63) is 30.1 Å². The molecular weight excluding hydrogens is 268 g/mol. The molecule has 0 bridgehead atoms. The second-order valence-corrected chi connectivity index (χ2v) is 5.54. The molecule has 6 heteroatoms. The number of nitrogens with zero attached hydrogens (tertiary/aromatic N) is 1. The van der Waals surface area contributed by atoms with Gasteiger partial charge in [-0.2, -0.15) is 0 Å². The Morgan fingerprint density at radius 3 is 2.67 bits per heavy atom. The summed E-state index contributed by atoms with van der Waals surface area (Å²) in [7, 11) is 0. The first kappa shape index (κ1) is 13.6. The van der Waals surface area contributed by atoms with Gasteiger partial charge < -0.3 is 16.0 Å². The summed E-state index contributed by atoms with van der Waals surface area (Å²) < 4.78 is 0. The number of carbonyl (C=O) groups excluding carboxylic acids is 2. The number of nitrogens with two attached hydrogens (primary N) is 1. The van der Waals surface area contributed by atoms with Crippen molar-refractivity contribution in [3.63, 3.8) is 0 Å². The van der Waals surface area contributed by atoms with E-state index in [1.54, 1.807) is 12.3 Å². The van der Waals surface area contributed by atoms with Gasteiger partial charge in [0.15, 0.2) is 0 Å². The Balaban J connectivity index is 1.62. The van der Waals surface area contributed by atoms with E-state index in [2.05, 4.69) is 15.3 Å². The molecule has 0 atom stereocenters. The predicted octanol–water partition coefficient (Wildman–Crippen LogP) is 1.34. The van der Waals surface area contributed by atoms with Gasteiger partial charge in [0.05, 0.1) is 0 Å². The number of aromatic nitrogens is 2. The number of rotatable bonds is 3. The van der Waals surface area contributed by atoms with Crippen LogP contribution in [0.3, 0.4) is 0 Å². The first-order valence-electron chi connectivity index (χ1n) is 7.18. The Labute approximate surface area is 122 Å². The van der Waals surface area contributed by atoms with Crippen molar-refractivity contribution >= 4 is 22.8 Å². The smallest absolute Gasteiger partial charge is 0.270 e. The van der Waals surface area contributed by atoms with Crippen LogP contribution in [0.1, 0.15) is 36.2 Å². The lowest BCUT2D eigenvalue weighted by Gasteiger charge is -2.27. The third-order valence-corrected chi connectivity index (χ3v) is 4.11. The van der Waals surface area contributed by atoms with Gasteiger partial charge in [-0.25, -0.2) is 4.98 Å². The van der Waals surface area contributed by atoms with Crippen LogP contribution in [0.25, 0.3) is 11.0 Å². The van der Waals surface area contributed by atoms with Crippen LogP contribution in [0.4, 0.5) is 0 Å². The third kappa shape index (κ3) is 2.89. The van der Waals surface area contributed by atoms with Crippen LogP contribution in [-0.2, 0) is 4.79 Å². The van der Waals surface area contributed by atoms with Gasteiger partial charge in [-0.05, 0) is 43.9 Å². The Morgan fingerprint density at radius 1 is 1.19 bits per heavy atom. The summed E-state index contributed by atoms with van der Waals surface area (Å²) in [4.78, 5) is 30.6. The molecular formula is C15H18N4O2. The molecule has 110 valence electrons. The van der Waals surface area contributed by atoms with E-state index < -0.39 is 0 Å². The molecule has 0 saturated heterocycles. The molecule has 2 aromatic heterocycles. The van der Waals surface area contributed by atoms with Crippen LogP contribution in [0, 0.1) is 5.92 Å². The van der Waals surface area contributed by atoms with Crippen molar-refractivity contribution < 1.29 is 9.59 Å². The highest BCUT2D eigenvalue weighted by Gasteiger charge is 2.26. The van der Waals surface area contributed by atoms with Crippen LogP contribution in [0.2, 0.25) is 0 Å². The van der Waals surface area contributed by atoms with Crippen LogP contribution in [-0.4, -0.2) is 27.8 Å². The average Bonchev–Trinajstić information content (AvgIpc) is 2.95. The molecule has 2 amide bonds. The molecule has 6 nitrogen and oxygen atoms in total. The number of fused-ring (bicyclic) bond motifs is 1. The number of carbonyl (C=O) groups is 2. The Morgan fingerprint density at radius 2 is 1.95 bits per heavy atom. The van der Waals surface area contributed by atoms with E-state index in [1.807, 2.05) is 12.1 Å². The lowest BCUT2D eigenvalue weighted by Crippen LogP contribution is -2.40. The lowest BCUT2D eigenvalue weighted by molar-refractivity contribution is -0.122. The minimum atomic E-state index is -0.237. The van der Waals surface area contributed by atoms with Crippen LogP contribution in [0.5, 0.6) is 0 Å². The van der Waals surface area contributed by atoms with Gasteiger partial charge >= 0.3 is 0 Å². The SMILES string of the molecule is NC(=O)C1CCC(NC(=O)c2ccc3cc[nH]c3n2)CC1.